The molecule has 1 aliphatic rings. The van der Waals surface area contributed by atoms with Crippen LogP contribution in [0.4, 0.5) is 13.2 Å². The molecular weight excluding hydrogens is 233 g/mol. The molecule has 3 nitrogen and oxygen atoms in total. The standard InChI is InChI=1S/C11H21F3N2O/c12-11(13,14)9(6-15)7-16-5-3-1-2-4-10(16)8-17/h9-10,17H,1-8,15H2. The lowest BCUT2D eigenvalue weighted by Gasteiger charge is -2.32. The molecule has 1 heterocycles. The van der Waals surface area contributed by atoms with Crippen LogP contribution in [0.2, 0.25) is 0 Å². The molecule has 0 bridgehead atoms. The van der Waals surface area contributed by atoms with E-state index < -0.39 is 18.6 Å². The molecule has 0 saturated carbocycles. The van der Waals surface area contributed by atoms with Gasteiger partial charge in [0.05, 0.1) is 12.5 Å². The molecule has 0 amide bonds. The van der Waals surface area contributed by atoms with Gasteiger partial charge in [-0.05, 0) is 19.4 Å². The summed E-state index contributed by atoms with van der Waals surface area (Å²) in [7, 11) is 0. The van der Waals surface area contributed by atoms with Crippen molar-refractivity contribution in [3.05, 3.63) is 0 Å². The SMILES string of the molecule is NCC(CN1CCCCCC1CO)C(F)(F)F. The number of nitrogens with two attached hydrogens (primary N) is 1. The minimum Gasteiger partial charge on any atom is -0.395 e. The third kappa shape index (κ3) is 4.44. The van der Waals surface area contributed by atoms with Gasteiger partial charge < -0.3 is 10.8 Å². The molecule has 0 aromatic carbocycles. The molecule has 102 valence electrons. The van der Waals surface area contributed by atoms with E-state index in [2.05, 4.69) is 0 Å². The smallest absolute Gasteiger partial charge is 0.394 e. The van der Waals surface area contributed by atoms with E-state index in [1.165, 1.54) is 0 Å². The lowest BCUT2D eigenvalue weighted by atomic mass is 10.1. The van der Waals surface area contributed by atoms with E-state index in [9.17, 15) is 18.3 Å². The highest BCUT2D eigenvalue weighted by molar-refractivity contribution is 4.80. The van der Waals surface area contributed by atoms with Crippen LogP contribution in [0.1, 0.15) is 25.7 Å². The summed E-state index contributed by atoms with van der Waals surface area (Å²) in [4.78, 5) is 1.75. The first-order valence-corrected chi connectivity index (χ1v) is 6.10. The Labute approximate surface area is 99.8 Å². The van der Waals surface area contributed by atoms with Crippen molar-refractivity contribution in [2.45, 2.75) is 37.9 Å². The van der Waals surface area contributed by atoms with Crippen molar-refractivity contribution in [1.82, 2.24) is 4.90 Å². The van der Waals surface area contributed by atoms with Crippen molar-refractivity contribution in [2.24, 2.45) is 11.7 Å². The highest BCUT2D eigenvalue weighted by Crippen LogP contribution is 2.28. The van der Waals surface area contributed by atoms with Gasteiger partial charge in [0.1, 0.15) is 0 Å². The molecule has 1 fully saturated rings. The van der Waals surface area contributed by atoms with E-state index in [4.69, 9.17) is 5.73 Å². The van der Waals surface area contributed by atoms with Gasteiger partial charge in [0, 0.05) is 19.1 Å². The average molecular weight is 254 g/mol. The molecule has 0 aromatic rings. The monoisotopic (exact) mass is 254 g/mol. The second kappa shape index (κ2) is 6.56. The Kier molecular flexibility index (Phi) is 5.69. The highest BCUT2D eigenvalue weighted by Gasteiger charge is 2.40. The minimum absolute atomic E-state index is 0.0743. The third-order valence-corrected chi connectivity index (χ3v) is 3.41. The third-order valence-electron chi connectivity index (χ3n) is 3.41. The molecule has 1 rings (SSSR count). The quantitative estimate of drug-likeness (QED) is 0.796. The molecule has 3 N–H and O–H groups in total. The molecule has 2 atom stereocenters. The number of aliphatic hydroxyl groups is 1. The zero-order chi connectivity index (χ0) is 12.9. The number of halogens is 3. The van der Waals surface area contributed by atoms with Gasteiger partial charge in [-0.2, -0.15) is 13.2 Å². The topological polar surface area (TPSA) is 49.5 Å². The zero-order valence-corrected chi connectivity index (χ0v) is 9.92. The molecule has 0 aromatic heterocycles. The van der Waals surface area contributed by atoms with Crippen LogP contribution in [-0.4, -0.2) is 48.5 Å². The summed E-state index contributed by atoms with van der Waals surface area (Å²) in [5.41, 5.74) is 5.19. The van der Waals surface area contributed by atoms with Crippen LogP contribution in [0.5, 0.6) is 0 Å². The second-order valence-corrected chi connectivity index (χ2v) is 4.65. The maximum absolute atomic E-state index is 12.6. The summed E-state index contributed by atoms with van der Waals surface area (Å²) in [6.45, 7) is 0.0658. The molecule has 1 aliphatic heterocycles. The van der Waals surface area contributed by atoms with Crippen molar-refractivity contribution in [1.29, 1.82) is 0 Å². The Morgan fingerprint density at radius 2 is 2.00 bits per heavy atom. The zero-order valence-electron chi connectivity index (χ0n) is 9.92. The van der Waals surface area contributed by atoms with E-state index in [0.717, 1.165) is 25.7 Å². The van der Waals surface area contributed by atoms with E-state index in [1.54, 1.807) is 4.90 Å². The minimum atomic E-state index is -4.25. The van der Waals surface area contributed by atoms with Crippen molar-refractivity contribution in [2.75, 3.05) is 26.2 Å². The van der Waals surface area contributed by atoms with Gasteiger partial charge in [-0.15, -0.1) is 0 Å². The summed E-state index contributed by atoms with van der Waals surface area (Å²) >= 11 is 0. The number of alkyl halides is 3. The second-order valence-electron chi connectivity index (χ2n) is 4.65. The van der Waals surface area contributed by atoms with Crippen LogP contribution in [-0.2, 0) is 0 Å². The van der Waals surface area contributed by atoms with Crippen molar-refractivity contribution in [3.63, 3.8) is 0 Å². The van der Waals surface area contributed by atoms with Gasteiger partial charge in [-0.1, -0.05) is 12.8 Å². The fraction of sp³-hybridized carbons (Fsp3) is 1.00. The normalized spacial score (nSPS) is 25.6. The number of aliphatic hydroxyl groups excluding tert-OH is 1. The Bertz CT molecular complexity index is 223. The van der Waals surface area contributed by atoms with E-state index in [0.29, 0.717) is 6.54 Å². The predicted octanol–water partition coefficient (Wildman–Crippen LogP) is 1.36. The Balaban J connectivity index is 2.61. The molecular formula is C11H21F3N2O. The summed E-state index contributed by atoms with van der Waals surface area (Å²) in [5.74, 6) is -1.49. The van der Waals surface area contributed by atoms with Crippen LogP contribution < -0.4 is 5.73 Å². The molecule has 0 spiro atoms. The fourth-order valence-corrected chi connectivity index (χ4v) is 2.28. The summed E-state index contributed by atoms with van der Waals surface area (Å²) < 4.78 is 37.9. The summed E-state index contributed by atoms with van der Waals surface area (Å²) in [5, 5.41) is 9.22. The molecule has 0 aliphatic carbocycles. The molecule has 1 saturated heterocycles. The van der Waals surface area contributed by atoms with E-state index in [-0.39, 0.29) is 19.2 Å². The van der Waals surface area contributed by atoms with Gasteiger partial charge >= 0.3 is 6.18 Å². The molecule has 0 radical (unpaired) electrons. The number of hydrogen-bond acceptors (Lipinski definition) is 3. The fourth-order valence-electron chi connectivity index (χ4n) is 2.28. The van der Waals surface area contributed by atoms with E-state index >= 15 is 0 Å². The van der Waals surface area contributed by atoms with Gasteiger partial charge in [0.2, 0.25) is 0 Å². The van der Waals surface area contributed by atoms with Crippen LogP contribution in [0, 0.1) is 5.92 Å². The first-order valence-electron chi connectivity index (χ1n) is 6.10. The Hall–Kier alpha value is -0.330. The van der Waals surface area contributed by atoms with Gasteiger partial charge in [0.15, 0.2) is 0 Å². The number of nitrogens with zero attached hydrogens (tertiary/aromatic N) is 1. The van der Waals surface area contributed by atoms with Crippen LogP contribution in [0.25, 0.3) is 0 Å². The lowest BCUT2D eigenvalue weighted by Crippen LogP contribution is -2.46. The Morgan fingerprint density at radius 3 is 2.53 bits per heavy atom. The van der Waals surface area contributed by atoms with Gasteiger partial charge in [-0.25, -0.2) is 0 Å². The maximum Gasteiger partial charge on any atom is 0.394 e. The number of likely N-dealkylation sites (tertiary alicyclic amines) is 1. The van der Waals surface area contributed by atoms with Crippen molar-refractivity contribution >= 4 is 0 Å². The predicted molar refractivity (Wildman–Crippen MR) is 59.5 cm³/mol. The summed E-state index contributed by atoms with van der Waals surface area (Å²) in [6.07, 6.45) is -0.592. The van der Waals surface area contributed by atoms with Gasteiger partial charge in [0.25, 0.3) is 0 Å². The first-order chi connectivity index (χ1) is 7.99. The van der Waals surface area contributed by atoms with Gasteiger partial charge in [-0.3, -0.25) is 4.90 Å². The number of rotatable bonds is 4. The molecule has 2 unspecified atom stereocenters. The molecule has 6 heteroatoms. The van der Waals surface area contributed by atoms with Crippen LogP contribution in [0.15, 0.2) is 0 Å². The maximum atomic E-state index is 12.6. The highest BCUT2D eigenvalue weighted by atomic mass is 19.4. The van der Waals surface area contributed by atoms with Crippen molar-refractivity contribution < 1.29 is 18.3 Å². The number of hydrogen-bond donors (Lipinski definition) is 2. The Morgan fingerprint density at radius 1 is 1.29 bits per heavy atom. The largest absolute Gasteiger partial charge is 0.395 e. The van der Waals surface area contributed by atoms with E-state index in [1.807, 2.05) is 0 Å². The lowest BCUT2D eigenvalue weighted by molar-refractivity contribution is -0.178. The van der Waals surface area contributed by atoms with Crippen molar-refractivity contribution in [3.8, 4) is 0 Å². The molecule has 17 heavy (non-hydrogen) atoms. The first kappa shape index (κ1) is 14.7. The summed E-state index contributed by atoms with van der Waals surface area (Å²) in [6, 6.07) is -0.145. The average Bonchev–Trinajstić information content (AvgIpc) is 2.48. The van der Waals surface area contributed by atoms with Crippen LogP contribution in [0.3, 0.4) is 0 Å². The van der Waals surface area contributed by atoms with Crippen LogP contribution >= 0.6 is 0 Å².